The van der Waals surface area contributed by atoms with Gasteiger partial charge in [-0.3, -0.25) is 0 Å². The lowest BCUT2D eigenvalue weighted by atomic mass is 10.6. The van der Waals surface area contributed by atoms with Crippen molar-refractivity contribution in [2.75, 3.05) is 0 Å². The quantitative estimate of drug-likeness (QED) is 0.435. The van der Waals surface area contributed by atoms with Gasteiger partial charge in [0, 0.05) is 5.66 Å². The van der Waals surface area contributed by atoms with Crippen LogP contribution in [0.1, 0.15) is 13.8 Å². The van der Waals surface area contributed by atoms with E-state index in [4.69, 9.17) is 0 Å². The lowest BCUT2D eigenvalue weighted by Gasteiger charge is -1.86. The highest BCUT2D eigenvalue weighted by Gasteiger charge is 1.84. The summed E-state index contributed by atoms with van der Waals surface area (Å²) < 4.78 is 11.1. The Labute approximate surface area is 33.7 Å². The molecule has 0 aromatic carbocycles. The predicted octanol–water partition coefficient (Wildman–Crippen LogP) is 1.96. The maximum absolute atomic E-state index is 11.1. The summed E-state index contributed by atoms with van der Waals surface area (Å²) in [4.78, 5) is 0. The second kappa shape index (κ2) is 2.59. The topological polar surface area (TPSA) is 0 Å². The SMILES string of the molecule is CC(C)PF. The van der Waals surface area contributed by atoms with Crippen molar-refractivity contribution in [1.29, 1.82) is 0 Å². The molecule has 0 aromatic rings. The summed E-state index contributed by atoms with van der Waals surface area (Å²) in [6.07, 6.45) is 0. The molecule has 1 unspecified atom stereocenters. The molecule has 0 aliphatic rings. The smallest absolute Gasteiger partial charge is 0.0697 e. The van der Waals surface area contributed by atoms with E-state index >= 15 is 0 Å². The van der Waals surface area contributed by atoms with Crippen molar-refractivity contribution in [2.45, 2.75) is 19.5 Å². The molecule has 0 aliphatic heterocycles. The van der Waals surface area contributed by atoms with Crippen molar-refractivity contribution in [3.05, 3.63) is 0 Å². The van der Waals surface area contributed by atoms with Gasteiger partial charge in [0.25, 0.3) is 0 Å². The zero-order chi connectivity index (χ0) is 4.28. The van der Waals surface area contributed by atoms with Crippen molar-refractivity contribution >= 4 is 8.89 Å². The highest BCUT2D eigenvalue weighted by Crippen LogP contribution is 2.16. The highest BCUT2D eigenvalue weighted by atomic mass is 31.1. The van der Waals surface area contributed by atoms with Gasteiger partial charge in [0.2, 0.25) is 0 Å². The van der Waals surface area contributed by atoms with E-state index in [1.165, 1.54) is 0 Å². The number of halogens is 1. The lowest BCUT2D eigenvalue weighted by Crippen LogP contribution is -1.74. The first kappa shape index (κ1) is 5.36. The predicted molar refractivity (Wildman–Crippen MR) is 24.6 cm³/mol. The second-order valence-electron chi connectivity index (χ2n) is 1.26. The molecule has 0 bridgehead atoms. The van der Waals surface area contributed by atoms with Crippen molar-refractivity contribution in [2.24, 2.45) is 0 Å². The van der Waals surface area contributed by atoms with Crippen LogP contribution >= 0.6 is 8.89 Å². The van der Waals surface area contributed by atoms with Gasteiger partial charge in [0.05, 0.1) is 8.89 Å². The molecule has 0 heterocycles. The minimum atomic E-state index is -0.386. The summed E-state index contributed by atoms with van der Waals surface area (Å²) in [5.41, 5.74) is 0.245. The maximum Gasteiger partial charge on any atom is 0.0697 e. The fourth-order valence-electron chi connectivity index (χ4n) is 0. The van der Waals surface area contributed by atoms with Gasteiger partial charge >= 0.3 is 0 Å². The van der Waals surface area contributed by atoms with Crippen LogP contribution in [0.2, 0.25) is 0 Å². The van der Waals surface area contributed by atoms with E-state index in [0.717, 1.165) is 0 Å². The van der Waals surface area contributed by atoms with Crippen LogP contribution in [0.3, 0.4) is 0 Å². The van der Waals surface area contributed by atoms with Crippen molar-refractivity contribution < 1.29 is 4.20 Å². The monoisotopic (exact) mass is 94.0 g/mol. The van der Waals surface area contributed by atoms with Crippen molar-refractivity contribution in [3.63, 3.8) is 0 Å². The molecule has 0 amide bonds. The van der Waals surface area contributed by atoms with Crippen LogP contribution in [-0.2, 0) is 0 Å². The molecule has 0 fully saturated rings. The summed E-state index contributed by atoms with van der Waals surface area (Å²) in [5, 5.41) is 0. The van der Waals surface area contributed by atoms with E-state index < -0.39 is 0 Å². The summed E-state index contributed by atoms with van der Waals surface area (Å²) in [5.74, 6) is 0. The fraction of sp³-hybridized carbons (Fsp3) is 1.00. The number of hydrogen-bond donors (Lipinski definition) is 0. The van der Waals surface area contributed by atoms with Crippen LogP contribution < -0.4 is 0 Å². The van der Waals surface area contributed by atoms with Gasteiger partial charge in [-0.05, 0) is 0 Å². The zero-order valence-electron chi connectivity index (χ0n) is 3.46. The molecule has 0 aromatic heterocycles. The van der Waals surface area contributed by atoms with E-state index in [0.29, 0.717) is 0 Å². The standard InChI is InChI=1S/C3H8FP/c1-3(2)5-4/h3,5H,1-2H3. The van der Waals surface area contributed by atoms with Crippen LogP contribution in [0, 0.1) is 0 Å². The van der Waals surface area contributed by atoms with Gasteiger partial charge < -0.3 is 0 Å². The number of hydrogen-bond acceptors (Lipinski definition) is 0. The van der Waals surface area contributed by atoms with Crippen LogP contribution in [0.15, 0.2) is 0 Å². The molecule has 1 atom stereocenters. The van der Waals surface area contributed by atoms with Gasteiger partial charge in [0.1, 0.15) is 0 Å². The largest absolute Gasteiger partial charge is 0.230 e. The summed E-state index contributed by atoms with van der Waals surface area (Å²) in [6, 6.07) is 0. The number of rotatable bonds is 1. The molecule has 32 valence electrons. The molecule has 5 heavy (non-hydrogen) atoms. The summed E-state index contributed by atoms with van der Waals surface area (Å²) in [6.45, 7) is 3.72. The van der Waals surface area contributed by atoms with E-state index in [9.17, 15) is 4.20 Å². The Morgan fingerprint density at radius 2 is 1.80 bits per heavy atom. The molecule has 0 radical (unpaired) electrons. The Hall–Kier alpha value is 0.360. The average Bonchev–Trinajstić information content (AvgIpc) is 1.38. The summed E-state index contributed by atoms with van der Waals surface area (Å²) in [7, 11) is -0.386. The molecule has 0 N–H and O–H groups in total. The third-order valence-corrected chi connectivity index (χ3v) is 0.655. The fourth-order valence-corrected chi connectivity index (χ4v) is 0. The molecule has 0 aliphatic carbocycles. The van der Waals surface area contributed by atoms with Crippen LogP contribution in [0.4, 0.5) is 4.20 Å². The van der Waals surface area contributed by atoms with E-state index in [1.54, 1.807) is 0 Å². The summed E-state index contributed by atoms with van der Waals surface area (Å²) >= 11 is 0. The van der Waals surface area contributed by atoms with Gasteiger partial charge in [0.15, 0.2) is 0 Å². The Morgan fingerprint density at radius 3 is 1.80 bits per heavy atom. The normalized spacial score (nSPS) is 12.0. The molecule has 0 rings (SSSR count). The average molecular weight is 94.1 g/mol. The molecular formula is C3H8FP. The van der Waals surface area contributed by atoms with Crippen LogP contribution in [0.5, 0.6) is 0 Å². The Bertz CT molecular complexity index is 20.9. The molecular weight excluding hydrogens is 86.0 g/mol. The van der Waals surface area contributed by atoms with Crippen molar-refractivity contribution in [1.82, 2.24) is 0 Å². The van der Waals surface area contributed by atoms with E-state index in [2.05, 4.69) is 0 Å². The van der Waals surface area contributed by atoms with E-state index in [1.807, 2.05) is 13.8 Å². The Kier molecular flexibility index (Phi) is 2.78. The van der Waals surface area contributed by atoms with Crippen LogP contribution in [0.25, 0.3) is 0 Å². The minimum absolute atomic E-state index is 0.245. The molecule has 0 spiro atoms. The maximum atomic E-state index is 11.1. The second-order valence-corrected chi connectivity index (χ2v) is 2.64. The molecule has 2 heteroatoms. The third kappa shape index (κ3) is 4.36. The Morgan fingerprint density at radius 1 is 1.60 bits per heavy atom. The first-order valence-corrected chi connectivity index (χ1v) is 2.59. The third-order valence-electron chi connectivity index (χ3n) is 0.218. The first-order chi connectivity index (χ1) is 2.27. The van der Waals surface area contributed by atoms with Gasteiger partial charge in [-0.2, -0.15) is 0 Å². The van der Waals surface area contributed by atoms with Crippen molar-refractivity contribution in [3.8, 4) is 0 Å². The van der Waals surface area contributed by atoms with Crippen LogP contribution in [-0.4, -0.2) is 5.66 Å². The van der Waals surface area contributed by atoms with Gasteiger partial charge in [-0.1, -0.05) is 13.8 Å². The lowest BCUT2D eigenvalue weighted by molar-refractivity contribution is 0.882. The first-order valence-electron chi connectivity index (χ1n) is 1.63. The van der Waals surface area contributed by atoms with Gasteiger partial charge in [-0.25, -0.2) is 4.20 Å². The highest BCUT2D eigenvalue weighted by molar-refractivity contribution is 7.32. The molecule has 0 saturated heterocycles. The van der Waals surface area contributed by atoms with E-state index in [-0.39, 0.29) is 14.6 Å². The molecule has 0 nitrogen and oxygen atoms in total. The minimum Gasteiger partial charge on any atom is -0.230 e. The Balaban J connectivity index is 2.54. The molecule has 0 saturated carbocycles. The van der Waals surface area contributed by atoms with Gasteiger partial charge in [-0.15, -0.1) is 0 Å². The zero-order valence-corrected chi connectivity index (χ0v) is 4.46.